The molecule has 2 aromatic rings. The van der Waals surface area contributed by atoms with Crippen molar-refractivity contribution in [3.05, 3.63) is 24.5 Å². The molecule has 3 aliphatic rings. The smallest absolute Gasteiger partial charge is 0.221 e. The Kier molecular flexibility index (Phi) is 6.18. The van der Waals surface area contributed by atoms with Crippen LogP contribution in [0.2, 0.25) is 0 Å². The van der Waals surface area contributed by atoms with E-state index in [2.05, 4.69) is 53.1 Å². The molecule has 0 unspecified atom stereocenters. The highest BCUT2D eigenvalue weighted by Gasteiger charge is 2.21. The number of nitrogens with zero attached hydrogens (tertiary/aromatic N) is 6. The molecule has 3 fully saturated rings. The topological polar surface area (TPSA) is 67.8 Å². The number of piperazine rings is 1. The number of aromatic nitrogens is 2. The lowest BCUT2D eigenvalue weighted by Gasteiger charge is -2.37. The molecule has 166 valence electrons. The number of anilines is 2. The van der Waals surface area contributed by atoms with E-state index in [4.69, 9.17) is 0 Å². The SMILES string of the molecule is O=C1CCN(CCN2CCN(c3ccc4ncnc(N5CCCC5)c4c3)CC2)CCN1. The number of amides is 1. The second-order valence-corrected chi connectivity index (χ2v) is 8.86. The Morgan fingerprint density at radius 1 is 0.839 bits per heavy atom. The lowest BCUT2D eigenvalue weighted by atomic mass is 10.1. The highest BCUT2D eigenvalue weighted by molar-refractivity contribution is 5.92. The van der Waals surface area contributed by atoms with Gasteiger partial charge < -0.3 is 15.1 Å². The minimum Gasteiger partial charge on any atom is -0.369 e. The zero-order valence-corrected chi connectivity index (χ0v) is 18.3. The standard InChI is InChI=1S/C23H33N7O/c31-22-5-9-27(10-6-24-22)11-12-28-13-15-29(16-14-28)19-3-4-21-20(17-19)23(26-18-25-21)30-7-1-2-8-30/h3-4,17-18H,1-2,5-16H2,(H,24,31). The van der Waals surface area contributed by atoms with E-state index in [-0.39, 0.29) is 5.91 Å². The lowest BCUT2D eigenvalue weighted by Crippen LogP contribution is -2.48. The van der Waals surface area contributed by atoms with Crippen molar-refractivity contribution in [1.82, 2.24) is 25.1 Å². The minimum atomic E-state index is 0.185. The van der Waals surface area contributed by atoms with Crippen LogP contribution in [0.15, 0.2) is 24.5 Å². The number of benzene rings is 1. The molecule has 1 aromatic heterocycles. The summed E-state index contributed by atoms with van der Waals surface area (Å²) >= 11 is 0. The molecule has 0 radical (unpaired) electrons. The van der Waals surface area contributed by atoms with Gasteiger partial charge in [-0.3, -0.25) is 14.6 Å². The summed E-state index contributed by atoms with van der Waals surface area (Å²) in [6.45, 7) is 11.2. The van der Waals surface area contributed by atoms with E-state index in [0.717, 1.165) is 83.3 Å². The van der Waals surface area contributed by atoms with Crippen molar-refractivity contribution in [2.24, 2.45) is 0 Å². The summed E-state index contributed by atoms with van der Waals surface area (Å²) in [5.41, 5.74) is 2.31. The molecule has 3 saturated heterocycles. The Labute approximate surface area is 184 Å². The van der Waals surface area contributed by atoms with E-state index >= 15 is 0 Å². The van der Waals surface area contributed by atoms with Gasteiger partial charge in [0.15, 0.2) is 0 Å². The maximum atomic E-state index is 11.5. The number of rotatable bonds is 5. The molecule has 0 bridgehead atoms. The molecular weight excluding hydrogens is 390 g/mol. The van der Waals surface area contributed by atoms with E-state index < -0.39 is 0 Å². The monoisotopic (exact) mass is 423 g/mol. The third kappa shape index (κ3) is 4.75. The zero-order chi connectivity index (χ0) is 21.0. The maximum absolute atomic E-state index is 11.5. The van der Waals surface area contributed by atoms with Crippen molar-refractivity contribution in [2.75, 3.05) is 81.8 Å². The third-order valence-corrected chi connectivity index (χ3v) is 6.88. The fourth-order valence-electron chi connectivity index (χ4n) is 4.96. The van der Waals surface area contributed by atoms with Crippen molar-refractivity contribution in [2.45, 2.75) is 19.3 Å². The molecule has 1 aromatic carbocycles. The number of carbonyl (C=O) groups is 1. The summed E-state index contributed by atoms with van der Waals surface area (Å²) in [5, 5.41) is 4.13. The average Bonchev–Trinajstić information content (AvgIpc) is 3.26. The van der Waals surface area contributed by atoms with Crippen LogP contribution in [0.4, 0.5) is 11.5 Å². The first-order chi connectivity index (χ1) is 15.3. The number of hydrogen-bond donors (Lipinski definition) is 1. The number of fused-ring (bicyclic) bond motifs is 1. The van der Waals surface area contributed by atoms with Crippen LogP contribution < -0.4 is 15.1 Å². The zero-order valence-electron chi connectivity index (χ0n) is 18.3. The fourth-order valence-corrected chi connectivity index (χ4v) is 4.96. The second kappa shape index (κ2) is 9.36. The van der Waals surface area contributed by atoms with Gasteiger partial charge in [-0.1, -0.05) is 0 Å². The van der Waals surface area contributed by atoms with Crippen LogP contribution in [0, 0.1) is 0 Å². The summed E-state index contributed by atoms with van der Waals surface area (Å²) in [7, 11) is 0. The normalized spacial score (nSPS) is 21.5. The van der Waals surface area contributed by atoms with Crippen LogP contribution in [0.25, 0.3) is 10.9 Å². The van der Waals surface area contributed by atoms with E-state index in [0.29, 0.717) is 6.42 Å². The summed E-state index contributed by atoms with van der Waals surface area (Å²) in [6, 6.07) is 6.65. The molecule has 31 heavy (non-hydrogen) atoms. The second-order valence-electron chi connectivity index (χ2n) is 8.86. The van der Waals surface area contributed by atoms with Crippen LogP contribution >= 0.6 is 0 Å². The van der Waals surface area contributed by atoms with Crippen molar-refractivity contribution >= 4 is 28.3 Å². The Morgan fingerprint density at radius 3 is 2.42 bits per heavy atom. The van der Waals surface area contributed by atoms with Crippen molar-refractivity contribution in [1.29, 1.82) is 0 Å². The Hall–Kier alpha value is -2.45. The molecule has 0 aliphatic carbocycles. The quantitative estimate of drug-likeness (QED) is 0.774. The molecule has 0 atom stereocenters. The van der Waals surface area contributed by atoms with Gasteiger partial charge in [0.25, 0.3) is 0 Å². The molecule has 1 amide bonds. The molecule has 0 saturated carbocycles. The van der Waals surface area contributed by atoms with Gasteiger partial charge in [-0.15, -0.1) is 0 Å². The Balaban J connectivity index is 1.19. The Bertz CT molecular complexity index is 906. The van der Waals surface area contributed by atoms with E-state index in [9.17, 15) is 4.79 Å². The van der Waals surface area contributed by atoms with Gasteiger partial charge in [-0.05, 0) is 31.0 Å². The summed E-state index contributed by atoms with van der Waals surface area (Å²) in [4.78, 5) is 30.5. The summed E-state index contributed by atoms with van der Waals surface area (Å²) < 4.78 is 0. The largest absolute Gasteiger partial charge is 0.369 e. The van der Waals surface area contributed by atoms with Crippen LogP contribution in [-0.4, -0.2) is 97.7 Å². The summed E-state index contributed by atoms with van der Waals surface area (Å²) in [6.07, 6.45) is 4.82. The average molecular weight is 424 g/mol. The van der Waals surface area contributed by atoms with Crippen LogP contribution in [0.3, 0.4) is 0 Å². The van der Waals surface area contributed by atoms with Crippen molar-refractivity contribution < 1.29 is 4.79 Å². The highest BCUT2D eigenvalue weighted by atomic mass is 16.1. The molecule has 5 rings (SSSR count). The summed E-state index contributed by atoms with van der Waals surface area (Å²) in [5.74, 6) is 1.28. The number of carbonyl (C=O) groups excluding carboxylic acids is 1. The van der Waals surface area contributed by atoms with E-state index in [1.54, 1.807) is 6.33 Å². The molecule has 0 spiro atoms. The molecule has 8 nitrogen and oxygen atoms in total. The predicted octanol–water partition coefficient (Wildman–Crippen LogP) is 1.17. The lowest BCUT2D eigenvalue weighted by molar-refractivity contribution is -0.120. The van der Waals surface area contributed by atoms with Gasteiger partial charge in [-0.2, -0.15) is 0 Å². The van der Waals surface area contributed by atoms with Crippen LogP contribution in [-0.2, 0) is 4.79 Å². The van der Waals surface area contributed by atoms with Gasteiger partial charge in [0.1, 0.15) is 12.1 Å². The molecule has 8 heteroatoms. The molecular formula is C23H33N7O. The van der Waals surface area contributed by atoms with Crippen molar-refractivity contribution in [3.63, 3.8) is 0 Å². The first-order valence-electron chi connectivity index (χ1n) is 11.7. The van der Waals surface area contributed by atoms with Gasteiger partial charge >= 0.3 is 0 Å². The van der Waals surface area contributed by atoms with Crippen molar-refractivity contribution in [3.8, 4) is 0 Å². The molecule has 3 aliphatic heterocycles. The number of nitrogens with one attached hydrogen (secondary N) is 1. The predicted molar refractivity (Wildman–Crippen MR) is 124 cm³/mol. The third-order valence-electron chi connectivity index (χ3n) is 6.88. The fraction of sp³-hybridized carbons (Fsp3) is 0.609. The van der Waals surface area contributed by atoms with Gasteiger partial charge in [-0.25, -0.2) is 9.97 Å². The van der Waals surface area contributed by atoms with Crippen LogP contribution in [0.1, 0.15) is 19.3 Å². The van der Waals surface area contributed by atoms with Gasteiger partial charge in [0.05, 0.1) is 5.52 Å². The first kappa shape index (κ1) is 20.5. The van der Waals surface area contributed by atoms with Crippen LogP contribution in [0.5, 0.6) is 0 Å². The van der Waals surface area contributed by atoms with Gasteiger partial charge in [0, 0.05) is 89.5 Å². The van der Waals surface area contributed by atoms with E-state index in [1.807, 2.05) is 0 Å². The minimum absolute atomic E-state index is 0.185. The van der Waals surface area contributed by atoms with E-state index in [1.165, 1.54) is 23.9 Å². The molecule has 4 heterocycles. The number of hydrogen-bond acceptors (Lipinski definition) is 7. The van der Waals surface area contributed by atoms with Gasteiger partial charge in [0.2, 0.25) is 5.91 Å². The highest BCUT2D eigenvalue weighted by Crippen LogP contribution is 2.29. The Morgan fingerprint density at radius 2 is 1.61 bits per heavy atom. The maximum Gasteiger partial charge on any atom is 0.221 e. The molecule has 1 N–H and O–H groups in total. The first-order valence-corrected chi connectivity index (χ1v) is 11.7.